The highest BCUT2D eigenvalue weighted by Crippen LogP contribution is 2.21. The van der Waals surface area contributed by atoms with Crippen LogP contribution in [0.15, 0.2) is 30.5 Å². The second kappa shape index (κ2) is 7.68. The van der Waals surface area contributed by atoms with E-state index < -0.39 is 0 Å². The molecule has 6 heteroatoms. The predicted molar refractivity (Wildman–Crippen MR) is 96.3 cm³/mol. The van der Waals surface area contributed by atoms with Gasteiger partial charge in [0.1, 0.15) is 0 Å². The number of carbonyl (C=O) groups is 1. The standard InChI is InChI=1S/C18H26N4O2/c1-2-6-21-7-5-15-3-4-16(14-17(15)21)19-18(24)22-10-8-20(9-11-22)12-13-23/h3-5,7,14,23H,2,6,8-13H2,1H3,(H,19,24). The molecule has 0 unspecified atom stereocenters. The van der Waals surface area contributed by atoms with Crippen molar-refractivity contribution >= 4 is 22.6 Å². The lowest BCUT2D eigenvalue weighted by Gasteiger charge is -2.34. The van der Waals surface area contributed by atoms with Crippen LogP contribution >= 0.6 is 0 Å². The second-order valence-corrected chi connectivity index (χ2v) is 6.27. The van der Waals surface area contributed by atoms with E-state index in [1.165, 1.54) is 5.39 Å². The highest BCUT2D eigenvalue weighted by atomic mass is 16.3. The Labute approximate surface area is 142 Å². The molecule has 0 spiro atoms. The third kappa shape index (κ3) is 3.71. The number of fused-ring (bicyclic) bond motifs is 1. The van der Waals surface area contributed by atoms with Gasteiger partial charge in [-0.1, -0.05) is 13.0 Å². The van der Waals surface area contributed by atoms with Gasteiger partial charge in [0.15, 0.2) is 0 Å². The SMILES string of the molecule is CCCn1ccc2ccc(NC(=O)N3CCN(CCO)CC3)cc21. The summed E-state index contributed by atoms with van der Waals surface area (Å²) in [6.45, 7) is 7.01. The van der Waals surface area contributed by atoms with Gasteiger partial charge in [-0.05, 0) is 30.0 Å². The Kier molecular flexibility index (Phi) is 5.37. The molecule has 1 aliphatic heterocycles. The first-order valence-electron chi connectivity index (χ1n) is 8.69. The summed E-state index contributed by atoms with van der Waals surface area (Å²) in [5.41, 5.74) is 1.99. The number of piperazine rings is 1. The van der Waals surface area contributed by atoms with Gasteiger partial charge in [-0.3, -0.25) is 4.90 Å². The van der Waals surface area contributed by atoms with Crippen molar-refractivity contribution in [3.8, 4) is 0 Å². The molecule has 3 rings (SSSR count). The molecule has 1 aromatic carbocycles. The molecule has 1 saturated heterocycles. The lowest BCUT2D eigenvalue weighted by atomic mass is 10.2. The highest BCUT2D eigenvalue weighted by Gasteiger charge is 2.20. The number of urea groups is 1. The number of β-amino-alcohol motifs (C(OH)–C–C–N with tert-alkyl or cyclic N) is 1. The summed E-state index contributed by atoms with van der Waals surface area (Å²) in [7, 11) is 0. The Hall–Kier alpha value is -2.05. The van der Waals surface area contributed by atoms with Crippen LogP contribution in [0.3, 0.4) is 0 Å². The summed E-state index contributed by atoms with van der Waals surface area (Å²) < 4.78 is 2.22. The van der Waals surface area contributed by atoms with Crippen LogP contribution in [-0.4, -0.2) is 64.8 Å². The maximum Gasteiger partial charge on any atom is 0.321 e. The van der Waals surface area contributed by atoms with E-state index in [1.807, 2.05) is 17.0 Å². The molecule has 2 N–H and O–H groups in total. The Morgan fingerprint density at radius 2 is 1.96 bits per heavy atom. The molecule has 0 atom stereocenters. The molecule has 1 aliphatic rings. The van der Waals surface area contributed by atoms with Gasteiger partial charge < -0.3 is 19.9 Å². The second-order valence-electron chi connectivity index (χ2n) is 6.27. The van der Waals surface area contributed by atoms with Gasteiger partial charge in [0.2, 0.25) is 0 Å². The van der Waals surface area contributed by atoms with Crippen molar-refractivity contribution in [1.82, 2.24) is 14.4 Å². The molecule has 1 fully saturated rings. The first-order valence-corrected chi connectivity index (χ1v) is 8.69. The molecule has 2 heterocycles. The number of anilines is 1. The average Bonchev–Trinajstić information content (AvgIpc) is 2.99. The molecule has 130 valence electrons. The lowest BCUT2D eigenvalue weighted by Crippen LogP contribution is -2.50. The van der Waals surface area contributed by atoms with Gasteiger partial charge in [-0.25, -0.2) is 4.79 Å². The molecule has 2 aromatic rings. The third-order valence-corrected chi connectivity index (χ3v) is 4.57. The highest BCUT2D eigenvalue weighted by molar-refractivity contribution is 5.93. The number of carbonyl (C=O) groups excluding carboxylic acids is 1. The van der Waals surface area contributed by atoms with E-state index >= 15 is 0 Å². The van der Waals surface area contributed by atoms with Crippen LogP contribution in [0.1, 0.15) is 13.3 Å². The molecule has 0 saturated carbocycles. The van der Waals surface area contributed by atoms with E-state index in [0.717, 1.165) is 37.3 Å². The summed E-state index contributed by atoms with van der Waals surface area (Å²) >= 11 is 0. The van der Waals surface area contributed by atoms with Crippen LogP contribution in [0.25, 0.3) is 10.9 Å². The Morgan fingerprint density at radius 3 is 2.67 bits per heavy atom. The van der Waals surface area contributed by atoms with E-state index in [0.29, 0.717) is 19.6 Å². The fourth-order valence-corrected chi connectivity index (χ4v) is 3.22. The molecule has 24 heavy (non-hydrogen) atoms. The van der Waals surface area contributed by atoms with Gasteiger partial charge >= 0.3 is 6.03 Å². The van der Waals surface area contributed by atoms with Crippen LogP contribution in [0, 0.1) is 0 Å². The Bertz CT molecular complexity index is 689. The number of aromatic nitrogens is 1. The summed E-state index contributed by atoms with van der Waals surface area (Å²) in [4.78, 5) is 16.5. The summed E-state index contributed by atoms with van der Waals surface area (Å²) in [5.74, 6) is 0. The van der Waals surface area contributed by atoms with Gasteiger partial charge in [0.05, 0.1) is 12.1 Å². The van der Waals surface area contributed by atoms with E-state index in [2.05, 4.69) is 40.0 Å². The fraction of sp³-hybridized carbons (Fsp3) is 0.500. The third-order valence-electron chi connectivity index (χ3n) is 4.57. The van der Waals surface area contributed by atoms with Crippen LogP contribution in [0.4, 0.5) is 10.5 Å². The smallest absolute Gasteiger partial charge is 0.321 e. The van der Waals surface area contributed by atoms with Crippen LogP contribution in [0.5, 0.6) is 0 Å². The Morgan fingerprint density at radius 1 is 1.17 bits per heavy atom. The number of hydrogen-bond donors (Lipinski definition) is 2. The lowest BCUT2D eigenvalue weighted by molar-refractivity contribution is 0.127. The first-order chi connectivity index (χ1) is 11.7. The number of aliphatic hydroxyl groups is 1. The molecule has 0 aliphatic carbocycles. The minimum absolute atomic E-state index is 0.0494. The normalized spacial score (nSPS) is 15.8. The van der Waals surface area contributed by atoms with Gasteiger partial charge in [-0.2, -0.15) is 0 Å². The molecule has 0 bridgehead atoms. The van der Waals surface area contributed by atoms with Gasteiger partial charge in [0.25, 0.3) is 0 Å². The number of aliphatic hydroxyl groups excluding tert-OH is 1. The topological polar surface area (TPSA) is 60.7 Å². The maximum atomic E-state index is 12.5. The van der Waals surface area contributed by atoms with Crippen molar-refractivity contribution in [3.05, 3.63) is 30.5 Å². The number of nitrogens with one attached hydrogen (secondary N) is 1. The van der Waals surface area contributed by atoms with E-state index in [4.69, 9.17) is 5.11 Å². The monoisotopic (exact) mass is 330 g/mol. The minimum Gasteiger partial charge on any atom is -0.395 e. The number of rotatable bonds is 5. The van der Waals surface area contributed by atoms with Crippen molar-refractivity contribution in [2.24, 2.45) is 0 Å². The van der Waals surface area contributed by atoms with Crippen LogP contribution in [-0.2, 0) is 6.54 Å². The van der Waals surface area contributed by atoms with Crippen LogP contribution < -0.4 is 5.32 Å². The summed E-state index contributed by atoms with van der Waals surface area (Å²) in [6.07, 6.45) is 3.18. The molecular weight excluding hydrogens is 304 g/mol. The number of nitrogens with zero attached hydrogens (tertiary/aromatic N) is 3. The van der Waals surface area contributed by atoms with Crippen LogP contribution in [0.2, 0.25) is 0 Å². The maximum absolute atomic E-state index is 12.5. The molecule has 6 nitrogen and oxygen atoms in total. The number of hydrogen-bond acceptors (Lipinski definition) is 3. The number of aryl methyl sites for hydroxylation is 1. The number of benzene rings is 1. The van der Waals surface area contributed by atoms with Gasteiger partial charge in [0, 0.05) is 51.2 Å². The van der Waals surface area contributed by atoms with Gasteiger partial charge in [-0.15, -0.1) is 0 Å². The zero-order chi connectivity index (χ0) is 16.9. The summed E-state index contributed by atoms with van der Waals surface area (Å²) in [5, 5.41) is 13.2. The molecule has 0 radical (unpaired) electrons. The largest absolute Gasteiger partial charge is 0.395 e. The van der Waals surface area contributed by atoms with E-state index in [9.17, 15) is 4.79 Å². The average molecular weight is 330 g/mol. The quantitative estimate of drug-likeness (QED) is 0.883. The van der Waals surface area contributed by atoms with E-state index in [1.54, 1.807) is 0 Å². The van der Waals surface area contributed by atoms with Crippen molar-refractivity contribution in [2.75, 3.05) is 44.6 Å². The molecule has 1 aromatic heterocycles. The zero-order valence-corrected chi connectivity index (χ0v) is 14.2. The van der Waals surface area contributed by atoms with E-state index in [-0.39, 0.29) is 12.6 Å². The summed E-state index contributed by atoms with van der Waals surface area (Å²) in [6, 6.07) is 8.11. The fourth-order valence-electron chi connectivity index (χ4n) is 3.22. The molecular formula is C18H26N4O2. The van der Waals surface area contributed by atoms with Crippen molar-refractivity contribution in [1.29, 1.82) is 0 Å². The van der Waals surface area contributed by atoms with Crippen molar-refractivity contribution in [2.45, 2.75) is 19.9 Å². The Balaban J connectivity index is 1.64. The first kappa shape index (κ1) is 16.8. The van der Waals surface area contributed by atoms with Crippen molar-refractivity contribution in [3.63, 3.8) is 0 Å². The minimum atomic E-state index is -0.0494. The number of amides is 2. The molecule has 2 amide bonds. The zero-order valence-electron chi connectivity index (χ0n) is 14.2. The van der Waals surface area contributed by atoms with Crippen molar-refractivity contribution < 1.29 is 9.90 Å². The predicted octanol–water partition coefficient (Wildman–Crippen LogP) is 2.19.